The molecule has 0 radical (unpaired) electrons. The van der Waals surface area contributed by atoms with Gasteiger partial charge in [-0.25, -0.2) is 4.98 Å². The van der Waals surface area contributed by atoms with Gasteiger partial charge in [0.1, 0.15) is 5.82 Å². The zero-order chi connectivity index (χ0) is 16.8. The Kier molecular flexibility index (Phi) is 5.96. The summed E-state index contributed by atoms with van der Waals surface area (Å²) in [5.41, 5.74) is 1.34. The Bertz CT molecular complexity index is 654. The minimum absolute atomic E-state index is 0.0127. The number of hydrogen-bond acceptors (Lipinski definition) is 4. The number of halogens is 1. The number of anilines is 1. The Hall–Kier alpha value is -1.76. The number of nitrogens with zero attached hydrogens (tertiary/aromatic N) is 3. The van der Waals surface area contributed by atoms with Crippen LogP contribution in [0.15, 0.2) is 53.1 Å². The number of pyridine rings is 1. The molecule has 0 spiro atoms. The van der Waals surface area contributed by atoms with Crippen molar-refractivity contribution in [1.29, 1.82) is 0 Å². The SMILES string of the molecule is O=C(CN1CCN(Cc2ccccc2)CC1)Nc1ccc(Br)cn1. The van der Waals surface area contributed by atoms with E-state index in [2.05, 4.69) is 60.3 Å². The normalized spacial score (nSPS) is 16.0. The van der Waals surface area contributed by atoms with E-state index < -0.39 is 0 Å². The molecule has 2 aromatic rings. The second kappa shape index (κ2) is 8.37. The molecule has 0 bridgehead atoms. The zero-order valence-corrected chi connectivity index (χ0v) is 15.1. The Morgan fingerprint density at radius 1 is 1.04 bits per heavy atom. The molecule has 3 rings (SSSR count). The van der Waals surface area contributed by atoms with Gasteiger partial charge in [0.05, 0.1) is 6.54 Å². The topological polar surface area (TPSA) is 48.5 Å². The number of rotatable bonds is 5. The van der Waals surface area contributed by atoms with E-state index in [1.54, 1.807) is 12.3 Å². The summed E-state index contributed by atoms with van der Waals surface area (Å²) in [7, 11) is 0. The lowest BCUT2D eigenvalue weighted by Crippen LogP contribution is -2.48. The highest BCUT2D eigenvalue weighted by atomic mass is 79.9. The largest absolute Gasteiger partial charge is 0.310 e. The van der Waals surface area contributed by atoms with Crippen molar-refractivity contribution in [1.82, 2.24) is 14.8 Å². The first kappa shape index (κ1) is 17.1. The number of carbonyl (C=O) groups excluding carboxylic acids is 1. The quantitative estimate of drug-likeness (QED) is 0.854. The molecule has 0 unspecified atom stereocenters. The molecule has 1 fully saturated rings. The van der Waals surface area contributed by atoms with Crippen molar-refractivity contribution in [2.24, 2.45) is 0 Å². The van der Waals surface area contributed by atoms with Crippen LogP contribution in [0.25, 0.3) is 0 Å². The Labute approximate surface area is 150 Å². The van der Waals surface area contributed by atoms with Gasteiger partial charge in [-0.05, 0) is 33.6 Å². The maximum absolute atomic E-state index is 12.1. The van der Waals surface area contributed by atoms with Crippen LogP contribution in [0.1, 0.15) is 5.56 Å². The van der Waals surface area contributed by atoms with Crippen molar-refractivity contribution in [2.75, 3.05) is 38.0 Å². The monoisotopic (exact) mass is 388 g/mol. The lowest BCUT2D eigenvalue weighted by molar-refractivity contribution is -0.117. The second-order valence-electron chi connectivity index (χ2n) is 5.95. The summed E-state index contributed by atoms with van der Waals surface area (Å²) in [5, 5.41) is 2.84. The lowest BCUT2D eigenvalue weighted by atomic mass is 10.2. The Morgan fingerprint density at radius 2 is 1.75 bits per heavy atom. The molecule has 1 aromatic carbocycles. The van der Waals surface area contributed by atoms with Gasteiger partial charge in [-0.2, -0.15) is 0 Å². The van der Waals surface area contributed by atoms with Gasteiger partial charge >= 0.3 is 0 Å². The van der Waals surface area contributed by atoms with E-state index in [1.165, 1.54) is 5.56 Å². The van der Waals surface area contributed by atoms with E-state index in [4.69, 9.17) is 0 Å². The summed E-state index contributed by atoms with van der Waals surface area (Å²) in [4.78, 5) is 20.9. The number of amides is 1. The van der Waals surface area contributed by atoms with Crippen LogP contribution < -0.4 is 5.32 Å². The molecule has 0 saturated carbocycles. The maximum atomic E-state index is 12.1. The first-order valence-corrected chi connectivity index (χ1v) is 8.88. The van der Waals surface area contributed by atoms with E-state index in [1.807, 2.05) is 12.1 Å². The summed E-state index contributed by atoms with van der Waals surface area (Å²) in [5.74, 6) is 0.576. The number of nitrogens with one attached hydrogen (secondary N) is 1. The summed E-state index contributed by atoms with van der Waals surface area (Å²) in [6, 6.07) is 14.2. The van der Waals surface area contributed by atoms with Gasteiger partial charge in [0, 0.05) is 43.4 Å². The number of carbonyl (C=O) groups is 1. The highest BCUT2D eigenvalue weighted by Crippen LogP contribution is 2.11. The fourth-order valence-electron chi connectivity index (χ4n) is 2.78. The molecule has 24 heavy (non-hydrogen) atoms. The molecule has 1 N–H and O–H groups in total. The van der Waals surface area contributed by atoms with Crippen LogP contribution in [0.3, 0.4) is 0 Å². The van der Waals surface area contributed by atoms with Gasteiger partial charge < -0.3 is 5.32 Å². The van der Waals surface area contributed by atoms with Crippen molar-refractivity contribution < 1.29 is 4.79 Å². The standard InChI is InChI=1S/C18H21BrN4O/c19-16-6-7-17(20-12-16)21-18(24)14-23-10-8-22(9-11-23)13-15-4-2-1-3-5-15/h1-7,12H,8-11,13-14H2,(H,20,21,24). The van der Waals surface area contributed by atoms with Gasteiger partial charge in [0.25, 0.3) is 0 Å². The van der Waals surface area contributed by atoms with E-state index in [-0.39, 0.29) is 5.91 Å². The minimum Gasteiger partial charge on any atom is -0.310 e. The Morgan fingerprint density at radius 3 is 2.42 bits per heavy atom. The third-order valence-corrected chi connectivity index (χ3v) is 4.55. The molecule has 1 aromatic heterocycles. The molecular weight excluding hydrogens is 368 g/mol. The van der Waals surface area contributed by atoms with Gasteiger partial charge in [0.15, 0.2) is 0 Å². The zero-order valence-electron chi connectivity index (χ0n) is 13.5. The number of aromatic nitrogens is 1. The molecule has 0 aliphatic carbocycles. The third kappa shape index (κ3) is 5.12. The summed E-state index contributed by atoms with van der Waals surface area (Å²) in [6.07, 6.45) is 1.68. The highest BCUT2D eigenvalue weighted by molar-refractivity contribution is 9.10. The molecule has 1 amide bonds. The third-order valence-electron chi connectivity index (χ3n) is 4.08. The molecule has 1 aliphatic rings. The molecule has 126 valence electrons. The van der Waals surface area contributed by atoms with Crippen LogP contribution >= 0.6 is 15.9 Å². The lowest BCUT2D eigenvalue weighted by Gasteiger charge is -2.34. The predicted molar refractivity (Wildman–Crippen MR) is 98.7 cm³/mol. The van der Waals surface area contributed by atoms with Crippen molar-refractivity contribution >= 4 is 27.7 Å². The predicted octanol–water partition coefficient (Wildman–Crippen LogP) is 2.60. The summed E-state index contributed by atoms with van der Waals surface area (Å²) >= 11 is 3.33. The fourth-order valence-corrected chi connectivity index (χ4v) is 3.02. The number of benzene rings is 1. The average Bonchev–Trinajstić information content (AvgIpc) is 2.60. The van der Waals surface area contributed by atoms with Crippen molar-refractivity contribution in [2.45, 2.75) is 6.54 Å². The van der Waals surface area contributed by atoms with Crippen molar-refractivity contribution in [3.05, 3.63) is 58.7 Å². The first-order chi connectivity index (χ1) is 11.7. The highest BCUT2D eigenvalue weighted by Gasteiger charge is 2.19. The second-order valence-corrected chi connectivity index (χ2v) is 6.86. The molecule has 1 aliphatic heterocycles. The molecule has 5 nitrogen and oxygen atoms in total. The molecule has 2 heterocycles. The van der Waals surface area contributed by atoms with Crippen molar-refractivity contribution in [3.8, 4) is 0 Å². The summed E-state index contributed by atoms with van der Waals surface area (Å²) < 4.78 is 0.898. The van der Waals surface area contributed by atoms with Crippen LogP contribution in [-0.4, -0.2) is 53.4 Å². The number of piperazine rings is 1. The molecule has 1 saturated heterocycles. The first-order valence-electron chi connectivity index (χ1n) is 8.09. The minimum atomic E-state index is -0.0127. The average molecular weight is 389 g/mol. The van der Waals surface area contributed by atoms with E-state index in [9.17, 15) is 4.79 Å². The maximum Gasteiger partial charge on any atom is 0.239 e. The smallest absolute Gasteiger partial charge is 0.239 e. The van der Waals surface area contributed by atoms with Gasteiger partial charge in [0.2, 0.25) is 5.91 Å². The van der Waals surface area contributed by atoms with Gasteiger partial charge in [-0.15, -0.1) is 0 Å². The van der Waals surface area contributed by atoms with Crippen LogP contribution in [-0.2, 0) is 11.3 Å². The molecular formula is C18H21BrN4O. The van der Waals surface area contributed by atoms with Gasteiger partial charge in [-0.1, -0.05) is 30.3 Å². The van der Waals surface area contributed by atoms with Crippen molar-refractivity contribution in [3.63, 3.8) is 0 Å². The molecule has 6 heteroatoms. The summed E-state index contributed by atoms with van der Waals surface area (Å²) in [6.45, 7) is 5.18. The van der Waals surface area contributed by atoms with Crippen LogP contribution in [0, 0.1) is 0 Å². The van der Waals surface area contributed by atoms with E-state index >= 15 is 0 Å². The fraction of sp³-hybridized carbons (Fsp3) is 0.333. The van der Waals surface area contributed by atoms with Crippen LogP contribution in [0.5, 0.6) is 0 Å². The molecule has 0 atom stereocenters. The van der Waals surface area contributed by atoms with Crippen LogP contribution in [0.4, 0.5) is 5.82 Å². The van der Waals surface area contributed by atoms with E-state index in [0.717, 1.165) is 37.2 Å². The van der Waals surface area contributed by atoms with E-state index in [0.29, 0.717) is 12.4 Å². The number of hydrogen-bond donors (Lipinski definition) is 1. The van der Waals surface area contributed by atoms with Gasteiger partial charge in [-0.3, -0.25) is 14.6 Å². The Balaban J connectivity index is 1.41. The van der Waals surface area contributed by atoms with Crippen LogP contribution in [0.2, 0.25) is 0 Å².